The summed E-state index contributed by atoms with van der Waals surface area (Å²) in [7, 11) is 0. The summed E-state index contributed by atoms with van der Waals surface area (Å²) in [6, 6.07) is 12.2. The standard InChI is InChI=1S/C23H27N3O2S/c1-16-7-8-19(18(3)15-16)22(27)26(10-9-25-11-13-28-14-12-25)23-24-21-17(2)5-4-6-20(21)29-23/h4-8,15H,9-14H2,1-3H3. The minimum absolute atomic E-state index is 0.0208. The van der Waals surface area contributed by atoms with Crippen molar-refractivity contribution in [2.75, 3.05) is 44.3 Å². The average Bonchev–Trinajstić information content (AvgIpc) is 3.14. The number of nitrogens with zero attached hydrogens (tertiary/aromatic N) is 3. The minimum Gasteiger partial charge on any atom is -0.379 e. The van der Waals surface area contributed by atoms with Crippen molar-refractivity contribution in [1.29, 1.82) is 0 Å². The van der Waals surface area contributed by atoms with E-state index < -0.39 is 0 Å². The molecule has 3 aromatic rings. The molecule has 0 atom stereocenters. The Labute approximate surface area is 175 Å². The lowest BCUT2D eigenvalue weighted by Gasteiger charge is -2.29. The maximum Gasteiger partial charge on any atom is 0.260 e. The molecule has 1 saturated heterocycles. The van der Waals surface area contributed by atoms with Crippen molar-refractivity contribution in [2.45, 2.75) is 20.8 Å². The molecule has 0 unspecified atom stereocenters. The molecule has 0 saturated carbocycles. The van der Waals surface area contributed by atoms with Crippen LogP contribution in [0.25, 0.3) is 10.2 Å². The van der Waals surface area contributed by atoms with Gasteiger partial charge in [0.15, 0.2) is 5.13 Å². The number of fused-ring (bicyclic) bond motifs is 1. The summed E-state index contributed by atoms with van der Waals surface area (Å²) in [6.45, 7) is 10.9. The molecule has 0 aliphatic carbocycles. The maximum absolute atomic E-state index is 13.6. The largest absolute Gasteiger partial charge is 0.379 e. The van der Waals surface area contributed by atoms with Crippen molar-refractivity contribution >= 4 is 32.6 Å². The smallest absolute Gasteiger partial charge is 0.260 e. The van der Waals surface area contributed by atoms with Gasteiger partial charge < -0.3 is 4.74 Å². The quantitative estimate of drug-likeness (QED) is 0.634. The second kappa shape index (κ2) is 8.61. The second-order valence-electron chi connectivity index (χ2n) is 7.65. The van der Waals surface area contributed by atoms with E-state index in [2.05, 4.69) is 30.0 Å². The number of carbonyl (C=O) groups is 1. The summed E-state index contributed by atoms with van der Waals surface area (Å²) in [6.07, 6.45) is 0. The van der Waals surface area contributed by atoms with Crippen LogP contribution in [0, 0.1) is 20.8 Å². The zero-order valence-corrected chi connectivity index (χ0v) is 18.1. The molecule has 5 nitrogen and oxygen atoms in total. The Morgan fingerprint density at radius 2 is 1.93 bits per heavy atom. The van der Waals surface area contributed by atoms with Crippen LogP contribution in [-0.4, -0.2) is 55.2 Å². The van der Waals surface area contributed by atoms with Crippen LogP contribution in [0.3, 0.4) is 0 Å². The third-order valence-corrected chi connectivity index (χ3v) is 6.48. The van der Waals surface area contributed by atoms with Gasteiger partial charge in [-0.05, 0) is 44.0 Å². The van der Waals surface area contributed by atoms with Crippen LogP contribution < -0.4 is 4.90 Å². The number of amides is 1. The average molecular weight is 410 g/mol. The number of anilines is 1. The van der Waals surface area contributed by atoms with Gasteiger partial charge in [-0.25, -0.2) is 4.98 Å². The summed E-state index contributed by atoms with van der Waals surface area (Å²) >= 11 is 1.59. The van der Waals surface area contributed by atoms with E-state index >= 15 is 0 Å². The fourth-order valence-electron chi connectivity index (χ4n) is 3.74. The van der Waals surface area contributed by atoms with Gasteiger partial charge in [-0.2, -0.15) is 0 Å². The van der Waals surface area contributed by atoms with Gasteiger partial charge in [-0.1, -0.05) is 41.2 Å². The van der Waals surface area contributed by atoms with Crippen molar-refractivity contribution in [3.63, 3.8) is 0 Å². The summed E-state index contributed by atoms with van der Waals surface area (Å²) in [5.74, 6) is 0.0208. The third kappa shape index (κ3) is 4.34. The van der Waals surface area contributed by atoms with E-state index in [1.807, 2.05) is 36.9 Å². The van der Waals surface area contributed by atoms with Gasteiger partial charge in [-0.15, -0.1) is 0 Å². The topological polar surface area (TPSA) is 45.7 Å². The molecular formula is C23H27N3O2S. The Balaban J connectivity index is 1.67. The highest BCUT2D eigenvalue weighted by Gasteiger charge is 2.24. The first kappa shape index (κ1) is 20.0. The molecule has 152 valence electrons. The SMILES string of the molecule is Cc1ccc(C(=O)N(CCN2CCOCC2)c2nc3c(C)cccc3s2)c(C)c1. The van der Waals surface area contributed by atoms with E-state index in [1.165, 1.54) is 0 Å². The molecule has 1 amide bonds. The molecule has 0 spiro atoms. The van der Waals surface area contributed by atoms with Crippen LogP contribution in [0.15, 0.2) is 36.4 Å². The Bertz CT molecular complexity index is 1020. The van der Waals surface area contributed by atoms with E-state index in [-0.39, 0.29) is 5.91 Å². The molecule has 29 heavy (non-hydrogen) atoms. The predicted molar refractivity (Wildman–Crippen MR) is 119 cm³/mol. The number of hydrogen-bond acceptors (Lipinski definition) is 5. The highest BCUT2D eigenvalue weighted by atomic mass is 32.1. The number of para-hydroxylation sites is 1. The van der Waals surface area contributed by atoms with Gasteiger partial charge in [0, 0.05) is 31.7 Å². The zero-order chi connectivity index (χ0) is 20.4. The number of rotatable bonds is 5. The van der Waals surface area contributed by atoms with Gasteiger partial charge in [-0.3, -0.25) is 14.6 Å². The molecule has 1 aromatic heterocycles. The Hall–Kier alpha value is -2.28. The van der Waals surface area contributed by atoms with Crippen LogP contribution in [0.1, 0.15) is 27.0 Å². The lowest BCUT2D eigenvalue weighted by molar-refractivity contribution is 0.0391. The number of aryl methyl sites for hydroxylation is 3. The molecule has 1 aliphatic rings. The van der Waals surface area contributed by atoms with Gasteiger partial charge in [0.1, 0.15) is 0 Å². The van der Waals surface area contributed by atoms with E-state index in [0.717, 1.165) is 70.5 Å². The highest BCUT2D eigenvalue weighted by Crippen LogP contribution is 2.31. The normalized spacial score (nSPS) is 15.0. The van der Waals surface area contributed by atoms with Crippen LogP contribution in [0.4, 0.5) is 5.13 Å². The van der Waals surface area contributed by atoms with E-state index in [1.54, 1.807) is 11.3 Å². The third-order valence-electron chi connectivity index (χ3n) is 5.44. The van der Waals surface area contributed by atoms with Crippen LogP contribution in [0.5, 0.6) is 0 Å². The molecule has 4 rings (SSSR count). The van der Waals surface area contributed by atoms with Crippen molar-refractivity contribution in [2.24, 2.45) is 0 Å². The molecule has 2 heterocycles. The molecule has 0 radical (unpaired) electrons. The lowest BCUT2D eigenvalue weighted by Crippen LogP contribution is -2.43. The van der Waals surface area contributed by atoms with Crippen molar-refractivity contribution in [3.05, 3.63) is 58.7 Å². The van der Waals surface area contributed by atoms with E-state index in [9.17, 15) is 4.79 Å². The number of carbonyl (C=O) groups excluding carboxylic acids is 1. The van der Waals surface area contributed by atoms with Crippen LogP contribution in [0.2, 0.25) is 0 Å². The van der Waals surface area contributed by atoms with Crippen molar-refractivity contribution in [1.82, 2.24) is 9.88 Å². The van der Waals surface area contributed by atoms with Gasteiger partial charge in [0.2, 0.25) is 0 Å². The number of aromatic nitrogens is 1. The second-order valence-corrected chi connectivity index (χ2v) is 8.66. The summed E-state index contributed by atoms with van der Waals surface area (Å²) in [4.78, 5) is 22.6. The summed E-state index contributed by atoms with van der Waals surface area (Å²) in [5, 5.41) is 0.771. The molecule has 0 bridgehead atoms. The van der Waals surface area contributed by atoms with Crippen LogP contribution >= 0.6 is 11.3 Å². The maximum atomic E-state index is 13.6. The number of benzene rings is 2. The monoisotopic (exact) mass is 409 g/mol. The fraction of sp³-hybridized carbons (Fsp3) is 0.391. The van der Waals surface area contributed by atoms with Gasteiger partial charge in [0.25, 0.3) is 5.91 Å². The molecule has 6 heteroatoms. The van der Waals surface area contributed by atoms with Crippen LogP contribution in [-0.2, 0) is 4.74 Å². The molecular weight excluding hydrogens is 382 g/mol. The van der Waals surface area contributed by atoms with Crippen molar-refractivity contribution < 1.29 is 9.53 Å². The van der Waals surface area contributed by atoms with Gasteiger partial charge in [0.05, 0.1) is 23.4 Å². The number of thiazole rings is 1. The van der Waals surface area contributed by atoms with Crippen molar-refractivity contribution in [3.8, 4) is 0 Å². The Morgan fingerprint density at radius 1 is 1.14 bits per heavy atom. The Kier molecular flexibility index (Phi) is 5.94. The number of ether oxygens (including phenoxy) is 1. The van der Waals surface area contributed by atoms with E-state index in [4.69, 9.17) is 9.72 Å². The number of hydrogen-bond donors (Lipinski definition) is 0. The lowest BCUT2D eigenvalue weighted by atomic mass is 10.0. The first-order valence-corrected chi connectivity index (χ1v) is 10.9. The summed E-state index contributed by atoms with van der Waals surface area (Å²) < 4.78 is 6.57. The molecule has 1 aliphatic heterocycles. The fourth-order valence-corrected chi connectivity index (χ4v) is 4.81. The highest BCUT2D eigenvalue weighted by molar-refractivity contribution is 7.22. The van der Waals surface area contributed by atoms with E-state index in [0.29, 0.717) is 6.54 Å². The Morgan fingerprint density at radius 3 is 2.66 bits per heavy atom. The molecule has 1 fully saturated rings. The molecule has 0 N–H and O–H groups in total. The minimum atomic E-state index is 0.0208. The zero-order valence-electron chi connectivity index (χ0n) is 17.3. The first-order valence-electron chi connectivity index (χ1n) is 10.1. The predicted octanol–water partition coefficient (Wildman–Crippen LogP) is 4.20. The number of morpholine rings is 1. The molecule has 2 aromatic carbocycles. The summed E-state index contributed by atoms with van der Waals surface area (Å²) in [5.41, 5.74) is 5.03. The van der Waals surface area contributed by atoms with Gasteiger partial charge >= 0.3 is 0 Å². The first-order chi connectivity index (χ1) is 14.0.